The molecule has 2 N–H and O–H groups in total. The van der Waals surface area contributed by atoms with Gasteiger partial charge in [-0.2, -0.15) is 0 Å². The van der Waals surface area contributed by atoms with Gasteiger partial charge in [0.2, 0.25) is 0 Å². The minimum Gasteiger partial charge on any atom is -0.423 e. The first-order valence-electron chi connectivity index (χ1n) is 7.26. The Bertz CT molecular complexity index is 538. The van der Waals surface area contributed by atoms with E-state index in [1.54, 1.807) is 6.07 Å². The van der Waals surface area contributed by atoms with Crippen LogP contribution in [0.3, 0.4) is 0 Å². The monoisotopic (exact) mass is 268 g/mol. The lowest BCUT2D eigenvalue weighted by atomic mass is 9.78. The topological polar surface area (TPSA) is 40.5 Å². The summed E-state index contributed by atoms with van der Waals surface area (Å²) in [6, 6.07) is 15.9. The van der Waals surface area contributed by atoms with Gasteiger partial charge in [-0.3, -0.25) is 0 Å². The first kappa shape index (κ1) is 14.8. The van der Waals surface area contributed by atoms with Crippen molar-refractivity contribution in [3.8, 4) is 11.1 Å². The minimum atomic E-state index is -1.40. The molecule has 0 spiro atoms. The summed E-state index contributed by atoms with van der Waals surface area (Å²) in [7, 11) is -1.40. The molecule has 104 valence electrons. The van der Waals surface area contributed by atoms with Gasteiger partial charge in [-0.15, -0.1) is 0 Å². The van der Waals surface area contributed by atoms with E-state index in [1.807, 2.05) is 30.3 Å². The lowest BCUT2D eigenvalue weighted by Crippen LogP contribution is -2.30. The van der Waals surface area contributed by atoms with Crippen LogP contribution in [0.15, 0.2) is 48.5 Å². The van der Waals surface area contributed by atoms with Crippen molar-refractivity contribution in [3.63, 3.8) is 0 Å². The van der Waals surface area contributed by atoms with Crippen LogP contribution in [-0.2, 0) is 6.42 Å². The largest absolute Gasteiger partial charge is 0.488 e. The third-order valence-electron chi connectivity index (χ3n) is 3.56. The highest BCUT2D eigenvalue weighted by Gasteiger charge is 2.14. The van der Waals surface area contributed by atoms with Crippen molar-refractivity contribution >= 4 is 12.6 Å². The average molecular weight is 268 g/mol. The van der Waals surface area contributed by atoms with Crippen molar-refractivity contribution in [2.45, 2.75) is 32.6 Å². The standard InChI is InChI=1S/C17H21BO2/c1-2-3-5-10-15-13-16(18(19)20)11-12-17(15)14-8-6-4-7-9-14/h4,6-9,11-13,19-20H,2-3,5,10H2,1H3. The summed E-state index contributed by atoms with van der Waals surface area (Å²) >= 11 is 0. The summed E-state index contributed by atoms with van der Waals surface area (Å²) in [5, 5.41) is 18.7. The summed E-state index contributed by atoms with van der Waals surface area (Å²) in [6.07, 6.45) is 4.48. The lowest BCUT2D eigenvalue weighted by Gasteiger charge is -2.12. The van der Waals surface area contributed by atoms with Crippen molar-refractivity contribution in [1.82, 2.24) is 0 Å². The first-order chi connectivity index (χ1) is 9.72. The highest BCUT2D eigenvalue weighted by Crippen LogP contribution is 2.24. The van der Waals surface area contributed by atoms with Gasteiger partial charge < -0.3 is 10.0 Å². The quantitative estimate of drug-likeness (QED) is 0.624. The summed E-state index contributed by atoms with van der Waals surface area (Å²) in [5.74, 6) is 0. The van der Waals surface area contributed by atoms with Gasteiger partial charge in [0, 0.05) is 0 Å². The highest BCUT2D eigenvalue weighted by molar-refractivity contribution is 6.58. The number of unbranched alkanes of at least 4 members (excludes halogenated alkanes) is 2. The summed E-state index contributed by atoms with van der Waals surface area (Å²) in [6.45, 7) is 2.19. The van der Waals surface area contributed by atoms with Gasteiger partial charge in [0.05, 0.1) is 0 Å². The predicted molar refractivity (Wildman–Crippen MR) is 84.9 cm³/mol. The zero-order chi connectivity index (χ0) is 14.4. The van der Waals surface area contributed by atoms with Crippen molar-refractivity contribution < 1.29 is 10.0 Å². The van der Waals surface area contributed by atoms with Crippen LogP contribution in [0.1, 0.15) is 31.7 Å². The van der Waals surface area contributed by atoms with Gasteiger partial charge >= 0.3 is 7.12 Å². The maximum Gasteiger partial charge on any atom is 0.488 e. The molecule has 2 nitrogen and oxygen atoms in total. The Morgan fingerprint density at radius 1 is 0.950 bits per heavy atom. The fourth-order valence-corrected chi connectivity index (χ4v) is 2.45. The van der Waals surface area contributed by atoms with E-state index < -0.39 is 7.12 Å². The zero-order valence-corrected chi connectivity index (χ0v) is 11.9. The first-order valence-corrected chi connectivity index (χ1v) is 7.26. The SMILES string of the molecule is CCCCCc1cc(B(O)O)ccc1-c1ccccc1. The summed E-state index contributed by atoms with van der Waals surface area (Å²) in [5.41, 5.74) is 4.12. The van der Waals surface area contributed by atoms with E-state index in [0.29, 0.717) is 5.46 Å². The van der Waals surface area contributed by atoms with Crippen LogP contribution in [-0.4, -0.2) is 17.2 Å². The molecule has 0 heterocycles. The highest BCUT2D eigenvalue weighted by atomic mass is 16.4. The molecule has 0 amide bonds. The Kier molecular flexibility index (Phi) is 5.39. The predicted octanol–water partition coefficient (Wildman–Crippen LogP) is 2.77. The van der Waals surface area contributed by atoms with E-state index in [2.05, 4.69) is 19.1 Å². The molecule has 0 radical (unpaired) electrons. The second kappa shape index (κ2) is 7.27. The van der Waals surface area contributed by atoms with Gasteiger partial charge in [-0.25, -0.2) is 0 Å². The third kappa shape index (κ3) is 3.72. The van der Waals surface area contributed by atoms with E-state index in [9.17, 15) is 10.0 Å². The van der Waals surface area contributed by atoms with Crippen LogP contribution < -0.4 is 5.46 Å². The molecule has 20 heavy (non-hydrogen) atoms. The lowest BCUT2D eigenvalue weighted by molar-refractivity contribution is 0.425. The Balaban J connectivity index is 2.34. The second-order valence-electron chi connectivity index (χ2n) is 5.11. The fraction of sp³-hybridized carbons (Fsp3) is 0.294. The van der Waals surface area contributed by atoms with E-state index in [-0.39, 0.29) is 0 Å². The second-order valence-corrected chi connectivity index (χ2v) is 5.11. The van der Waals surface area contributed by atoms with E-state index in [1.165, 1.54) is 29.5 Å². The van der Waals surface area contributed by atoms with Crippen LogP contribution in [0.5, 0.6) is 0 Å². The zero-order valence-electron chi connectivity index (χ0n) is 11.9. The summed E-state index contributed by atoms with van der Waals surface area (Å²) in [4.78, 5) is 0. The van der Waals surface area contributed by atoms with Crippen LogP contribution in [0.4, 0.5) is 0 Å². The molecule has 0 aromatic heterocycles. The Morgan fingerprint density at radius 3 is 2.35 bits per heavy atom. The number of aryl methyl sites for hydroxylation is 1. The molecule has 0 aliphatic carbocycles. The molecular weight excluding hydrogens is 247 g/mol. The molecule has 0 fully saturated rings. The Hall–Kier alpha value is -1.58. The summed E-state index contributed by atoms with van der Waals surface area (Å²) < 4.78 is 0. The van der Waals surface area contributed by atoms with Crippen LogP contribution in [0.2, 0.25) is 0 Å². The molecule has 2 aromatic carbocycles. The van der Waals surface area contributed by atoms with Crippen molar-refractivity contribution in [3.05, 3.63) is 54.1 Å². The fourth-order valence-electron chi connectivity index (χ4n) is 2.45. The van der Waals surface area contributed by atoms with Gasteiger partial charge in [0.15, 0.2) is 0 Å². The smallest absolute Gasteiger partial charge is 0.423 e. The van der Waals surface area contributed by atoms with E-state index >= 15 is 0 Å². The molecule has 0 bridgehead atoms. The molecule has 2 aromatic rings. The maximum absolute atomic E-state index is 9.34. The van der Waals surface area contributed by atoms with E-state index in [0.717, 1.165) is 12.8 Å². The molecule has 3 heteroatoms. The molecule has 0 atom stereocenters. The number of hydrogen-bond acceptors (Lipinski definition) is 2. The van der Waals surface area contributed by atoms with Gasteiger partial charge in [0.25, 0.3) is 0 Å². The Morgan fingerprint density at radius 2 is 1.70 bits per heavy atom. The van der Waals surface area contributed by atoms with Gasteiger partial charge in [-0.05, 0) is 35.0 Å². The van der Waals surface area contributed by atoms with Crippen molar-refractivity contribution in [2.75, 3.05) is 0 Å². The number of rotatable bonds is 6. The molecular formula is C17H21BO2. The van der Waals surface area contributed by atoms with Gasteiger partial charge in [-0.1, -0.05) is 68.3 Å². The molecule has 0 aliphatic heterocycles. The van der Waals surface area contributed by atoms with Crippen LogP contribution in [0.25, 0.3) is 11.1 Å². The average Bonchev–Trinajstić information content (AvgIpc) is 2.48. The van der Waals surface area contributed by atoms with Crippen LogP contribution in [0, 0.1) is 0 Å². The molecule has 2 rings (SSSR count). The third-order valence-corrected chi connectivity index (χ3v) is 3.56. The maximum atomic E-state index is 9.34. The van der Waals surface area contributed by atoms with Gasteiger partial charge in [0.1, 0.15) is 0 Å². The number of benzene rings is 2. The molecule has 0 unspecified atom stereocenters. The molecule has 0 saturated heterocycles. The molecule has 0 aliphatic rings. The normalized spacial score (nSPS) is 10.6. The van der Waals surface area contributed by atoms with Crippen molar-refractivity contribution in [1.29, 1.82) is 0 Å². The Labute approximate surface area is 121 Å². The van der Waals surface area contributed by atoms with Crippen molar-refractivity contribution in [2.24, 2.45) is 0 Å². The molecule has 0 saturated carbocycles. The number of hydrogen-bond donors (Lipinski definition) is 2. The van der Waals surface area contributed by atoms with E-state index in [4.69, 9.17) is 0 Å². The minimum absolute atomic E-state index is 0.566. The van der Waals surface area contributed by atoms with Crippen LogP contribution >= 0.6 is 0 Å².